The maximum Gasteiger partial charge on any atom is 0.469 e. The van der Waals surface area contributed by atoms with Crippen LogP contribution in [0.15, 0.2) is 97.2 Å². The topological polar surface area (TPSA) is 180 Å². The highest BCUT2D eigenvalue weighted by Crippen LogP contribution is 2.36. The zero-order valence-corrected chi connectivity index (χ0v) is 34.0. The smallest absolute Gasteiger partial charge is 0.462 e. The van der Waals surface area contributed by atoms with Crippen LogP contribution in [0.25, 0.3) is 0 Å². The molecule has 0 aliphatic carbocycles. The molecule has 0 radical (unpaired) electrons. The monoisotopic (exact) mass is 792 g/mol. The zero-order valence-electron chi connectivity index (χ0n) is 33.1. The summed E-state index contributed by atoms with van der Waals surface area (Å²) in [6.07, 6.45) is 39.3. The molecule has 11 nitrogen and oxygen atoms in total. The minimum Gasteiger partial charge on any atom is -0.462 e. The van der Waals surface area contributed by atoms with Crippen LogP contribution in [-0.2, 0) is 28.2 Å². The van der Waals surface area contributed by atoms with E-state index in [9.17, 15) is 29.5 Å². The van der Waals surface area contributed by atoms with Crippen molar-refractivity contribution in [1.29, 1.82) is 0 Å². The first-order chi connectivity index (χ1) is 26.5. The normalized spacial score (nSPS) is 15.3. The quantitative estimate of drug-likeness (QED) is 0.0138. The number of carbonyl (C=O) groups is 2. The molecule has 0 aliphatic heterocycles. The average molecular weight is 793 g/mol. The number of hydrogen-bond acceptors (Lipinski definition) is 9. The minimum absolute atomic E-state index is 0.0567. The molecular formula is C43H69O11P. The second-order valence-corrected chi connectivity index (χ2v) is 14.4. The Morgan fingerprint density at radius 3 is 1.73 bits per heavy atom. The summed E-state index contributed by atoms with van der Waals surface area (Å²) < 4.78 is 26.1. The van der Waals surface area contributed by atoms with Crippen LogP contribution in [0.4, 0.5) is 0 Å². The Bertz CT molecular complexity index is 1260. The fourth-order valence-electron chi connectivity index (χ4n) is 4.81. The molecule has 0 aromatic heterocycles. The molecule has 0 rings (SSSR count). The second-order valence-electron chi connectivity index (χ2n) is 13.1. The first-order valence-corrected chi connectivity index (χ1v) is 21.4. The Labute approximate surface area is 330 Å². The Hall–Kier alpha value is -3.15. The number of aliphatic hydroxyl groups excluding tert-OH is 3. The van der Waals surface area contributed by atoms with Gasteiger partial charge in [-0.15, -0.1) is 0 Å². The lowest BCUT2D eigenvalue weighted by Crippen LogP contribution is -2.29. The van der Waals surface area contributed by atoms with Crippen LogP contribution in [0.1, 0.15) is 123 Å². The molecule has 0 saturated heterocycles. The fourth-order valence-corrected chi connectivity index (χ4v) is 5.17. The van der Waals surface area contributed by atoms with Crippen molar-refractivity contribution in [2.45, 2.75) is 147 Å². The maximum atomic E-state index is 12.4. The van der Waals surface area contributed by atoms with Crippen LogP contribution in [0.3, 0.4) is 0 Å². The van der Waals surface area contributed by atoms with Crippen molar-refractivity contribution in [2.24, 2.45) is 0 Å². The number of esters is 2. The van der Waals surface area contributed by atoms with Crippen molar-refractivity contribution in [2.75, 3.05) is 13.2 Å². The van der Waals surface area contributed by atoms with Gasteiger partial charge in [-0.1, -0.05) is 143 Å². The van der Waals surface area contributed by atoms with E-state index in [1.165, 1.54) is 25.3 Å². The van der Waals surface area contributed by atoms with E-state index in [0.29, 0.717) is 12.8 Å². The van der Waals surface area contributed by atoms with Gasteiger partial charge in [-0.3, -0.25) is 14.1 Å². The Kier molecular flexibility index (Phi) is 34.4. The zero-order chi connectivity index (χ0) is 40.8. The van der Waals surface area contributed by atoms with Gasteiger partial charge in [-0.25, -0.2) is 4.57 Å². The molecule has 5 N–H and O–H groups in total. The van der Waals surface area contributed by atoms with Crippen LogP contribution >= 0.6 is 7.82 Å². The molecule has 0 aromatic rings. The maximum absolute atomic E-state index is 12.4. The van der Waals surface area contributed by atoms with E-state index in [4.69, 9.17) is 19.3 Å². The molecule has 0 aromatic carbocycles. The van der Waals surface area contributed by atoms with Gasteiger partial charge in [0, 0.05) is 12.8 Å². The summed E-state index contributed by atoms with van der Waals surface area (Å²) in [5.74, 6) is -1.29. The van der Waals surface area contributed by atoms with Gasteiger partial charge >= 0.3 is 19.8 Å². The van der Waals surface area contributed by atoms with E-state index in [-0.39, 0.29) is 25.7 Å². The summed E-state index contributed by atoms with van der Waals surface area (Å²) in [7, 11) is -4.86. The molecule has 0 bridgehead atoms. The van der Waals surface area contributed by atoms with Crippen LogP contribution in [0.2, 0.25) is 0 Å². The van der Waals surface area contributed by atoms with Gasteiger partial charge in [0.1, 0.15) is 6.61 Å². The van der Waals surface area contributed by atoms with E-state index >= 15 is 0 Å². The number of carbonyl (C=O) groups excluding carboxylic acids is 2. The van der Waals surface area contributed by atoms with Crippen LogP contribution in [0, 0.1) is 0 Å². The van der Waals surface area contributed by atoms with Crippen molar-refractivity contribution in [3.05, 3.63) is 97.2 Å². The molecule has 55 heavy (non-hydrogen) atoms. The predicted octanol–water partition coefficient (Wildman–Crippen LogP) is 8.75. The van der Waals surface area contributed by atoms with Gasteiger partial charge in [0.15, 0.2) is 6.10 Å². The molecule has 0 fully saturated rings. The number of hydrogen-bond donors (Lipinski definition) is 5. The number of phosphoric acid groups is 1. The SMILES string of the molecule is CCCCC/C=C\C/C=C\C/C=C\C/C=C\CCCC(=O)O[C@H](COC(=O)CCC[C@@H](O)[C@H](O)/C=C/C=C/C=C\C=C\[C@H](O)CCCCC)COP(=O)(O)O. The van der Waals surface area contributed by atoms with Gasteiger partial charge < -0.3 is 34.6 Å². The number of rotatable bonds is 34. The van der Waals surface area contributed by atoms with Gasteiger partial charge in [0.25, 0.3) is 0 Å². The Morgan fingerprint density at radius 2 is 1.13 bits per heavy atom. The lowest BCUT2D eigenvalue weighted by molar-refractivity contribution is -0.161. The number of ether oxygens (including phenoxy) is 2. The van der Waals surface area contributed by atoms with Crippen molar-refractivity contribution in [1.82, 2.24) is 0 Å². The third-order valence-corrected chi connectivity index (χ3v) is 8.43. The Morgan fingerprint density at radius 1 is 0.600 bits per heavy atom. The summed E-state index contributed by atoms with van der Waals surface area (Å²) in [6.45, 7) is 3.19. The molecule has 0 unspecified atom stereocenters. The minimum atomic E-state index is -4.86. The van der Waals surface area contributed by atoms with Gasteiger partial charge in [0.2, 0.25) is 0 Å². The van der Waals surface area contributed by atoms with Crippen molar-refractivity contribution in [3.63, 3.8) is 0 Å². The highest BCUT2D eigenvalue weighted by atomic mass is 31.2. The first kappa shape index (κ1) is 51.9. The van der Waals surface area contributed by atoms with Gasteiger partial charge in [0.05, 0.1) is 24.9 Å². The van der Waals surface area contributed by atoms with E-state index in [1.807, 2.05) is 12.2 Å². The van der Waals surface area contributed by atoms with Crippen molar-refractivity contribution < 1.29 is 53.3 Å². The van der Waals surface area contributed by atoms with Crippen molar-refractivity contribution >= 4 is 19.8 Å². The van der Waals surface area contributed by atoms with Crippen molar-refractivity contribution in [3.8, 4) is 0 Å². The van der Waals surface area contributed by atoms with E-state index in [1.54, 1.807) is 42.5 Å². The van der Waals surface area contributed by atoms with E-state index in [0.717, 1.165) is 51.4 Å². The van der Waals surface area contributed by atoms with Gasteiger partial charge in [-0.2, -0.15) is 0 Å². The lowest BCUT2D eigenvalue weighted by Gasteiger charge is -2.18. The predicted molar refractivity (Wildman–Crippen MR) is 220 cm³/mol. The number of phosphoric ester groups is 1. The summed E-state index contributed by atoms with van der Waals surface area (Å²) in [4.78, 5) is 42.8. The van der Waals surface area contributed by atoms with Gasteiger partial charge in [-0.05, 0) is 64.2 Å². The number of aliphatic hydroxyl groups is 3. The first-order valence-electron chi connectivity index (χ1n) is 19.9. The number of allylic oxidation sites excluding steroid dienone is 14. The second kappa shape index (κ2) is 36.5. The molecule has 0 spiro atoms. The van der Waals surface area contributed by atoms with E-state index in [2.05, 4.69) is 54.8 Å². The summed E-state index contributed by atoms with van der Waals surface area (Å²) in [5.41, 5.74) is 0. The summed E-state index contributed by atoms with van der Waals surface area (Å²) in [6, 6.07) is 0. The highest BCUT2D eigenvalue weighted by molar-refractivity contribution is 7.46. The standard InChI is InChI=1S/C43H69O11P/c1-3-5-7-8-9-10-11-12-13-14-15-16-17-18-19-24-28-34-43(48)54-39(37-53-55(49,50)51)36-52-42(47)35-29-33-41(46)40(45)32-27-23-21-20-22-26-31-38(44)30-25-6-4-2/h9-10,12-13,15-16,18-23,26-27,31-32,38-41,44-46H,3-8,11,14,17,24-25,28-30,33-37H2,1-2H3,(H2,49,50,51)/b10-9-,13-12-,16-15-,19-18-,22-20-,23-21+,31-26+,32-27+/t38-,39-,40-,41-/m1/s1. The number of unbranched alkanes of at least 4 members (excludes halogenated alkanes) is 6. The average Bonchev–Trinajstić information content (AvgIpc) is 3.14. The molecule has 0 saturated carbocycles. The van der Waals surface area contributed by atoms with E-state index < -0.39 is 57.4 Å². The lowest BCUT2D eigenvalue weighted by atomic mass is 10.1. The molecule has 0 heterocycles. The molecule has 0 amide bonds. The largest absolute Gasteiger partial charge is 0.469 e. The highest BCUT2D eigenvalue weighted by Gasteiger charge is 2.23. The van der Waals surface area contributed by atoms with Crippen LogP contribution in [0.5, 0.6) is 0 Å². The van der Waals surface area contributed by atoms with Crippen LogP contribution < -0.4 is 0 Å². The van der Waals surface area contributed by atoms with Crippen LogP contribution in [-0.4, -0.2) is 74.7 Å². The molecular weight excluding hydrogens is 723 g/mol. The summed E-state index contributed by atoms with van der Waals surface area (Å²) >= 11 is 0. The fraction of sp³-hybridized carbons (Fsp3) is 0.581. The molecule has 312 valence electrons. The molecule has 0 aliphatic rings. The molecule has 4 atom stereocenters. The Balaban J connectivity index is 4.41. The molecule has 12 heteroatoms. The summed E-state index contributed by atoms with van der Waals surface area (Å²) in [5, 5.41) is 30.3. The third kappa shape index (κ3) is 37.5. The third-order valence-electron chi connectivity index (χ3n) is 7.94.